The van der Waals surface area contributed by atoms with Gasteiger partial charge in [-0.2, -0.15) is 0 Å². The van der Waals surface area contributed by atoms with Gasteiger partial charge in [-0.05, 0) is 60.2 Å². The van der Waals surface area contributed by atoms with Crippen LogP contribution in [0.3, 0.4) is 0 Å². The zero-order valence-corrected chi connectivity index (χ0v) is 11.6. The summed E-state index contributed by atoms with van der Waals surface area (Å²) < 4.78 is 0. The van der Waals surface area contributed by atoms with E-state index in [9.17, 15) is 0 Å². The maximum atomic E-state index is 5.88. The van der Waals surface area contributed by atoms with Crippen LogP contribution in [0.25, 0.3) is 0 Å². The van der Waals surface area contributed by atoms with Crippen LogP contribution >= 0.6 is 23.4 Å². The van der Waals surface area contributed by atoms with Crippen molar-refractivity contribution in [3.8, 4) is 0 Å². The summed E-state index contributed by atoms with van der Waals surface area (Å²) in [5, 5.41) is 0.571. The number of hydrogen-bond donors (Lipinski definition) is 0. The zero-order valence-electron chi connectivity index (χ0n) is 10.0. The number of nitrogens with zero attached hydrogens (tertiary/aromatic N) is 1. The van der Waals surface area contributed by atoms with Crippen LogP contribution in [0, 0.1) is 0 Å². The average molecular weight is 276 g/mol. The van der Waals surface area contributed by atoms with Crippen LogP contribution in [0.5, 0.6) is 0 Å². The lowest BCUT2D eigenvalue weighted by molar-refractivity contribution is 0.911. The zero-order chi connectivity index (χ0) is 12.4. The molecular formula is C15H14ClNS. The van der Waals surface area contributed by atoms with Crippen molar-refractivity contribution in [2.75, 3.05) is 0 Å². The van der Waals surface area contributed by atoms with E-state index in [1.165, 1.54) is 40.8 Å². The van der Waals surface area contributed by atoms with E-state index in [0.29, 0.717) is 5.15 Å². The van der Waals surface area contributed by atoms with Crippen molar-refractivity contribution < 1.29 is 0 Å². The Morgan fingerprint density at radius 1 is 1.11 bits per heavy atom. The number of pyridine rings is 1. The summed E-state index contributed by atoms with van der Waals surface area (Å²) in [4.78, 5) is 5.35. The average Bonchev–Trinajstić information content (AvgIpc) is 2.84. The smallest absolute Gasteiger partial charge is 0.129 e. The Bertz CT molecular complexity index is 568. The Balaban J connectivity index is 1.70. The second kappa shape index (κ2) is 5.33. The fraction of sp³-hybridized carbons (Fsp3) is 0.267. The van der Waals surface area contributed by atoms with E-state index in [1.54, 1.807) is 6.20 Å². The number of fused-ring (bicyclic) bond motifs is 1. The number of thioether (sulfide) groups is 1. The number of rotatable bonds is 3. The van der Waals surface area contributed by atoms with Gasteiger partial charge >= 0.3 is 0 Å². The maximum Gasteiger partial charge on any atom is 0.129 e. The van der Waals surface area contributed by atoms with Gasteiger partial charge < -0.3 is 0 Å². The fourth-order valence-electron chi connectivity index (χ4n) is 2.34. The van der Waals surface area contributed by atoms with Gasteiger partial charge in [-0.3, -0.25) is 0 Å². The summed E-state index contributed by atoms with van der Waals surface area (Å²) in [7, 11) is 0. The van der Waals surface area contributed by atoms with Crippen LogP contribution in [-0.2, 0) is 18.6 Å². The molecule has 0 bridgehead atoms. The van der Waals surface area contributed by atoms with E-state index in [0.717, 1.165) is 5.75 Å². The summed E-state index contributed by atoms with van der Waals surface area (Å²) >= 11 is 7.74. The molecule has 3 heteroatoms. The van der Waals surface area contributed by atoms with Crippen LogP contribution in [-0.4, -0.2) is 4.98 Å². The van der Waals surface area contributed by atoms with E-state index in [-0.39, 0.29) is 0 Å². The first-order valence-corrected chi connectivity index (χ1v) is 7.53. The van der Waals surface area contributed by atoms with Gasteiger partial charge in [-0.15, -0.1) is 11.8 Å². The van der Waals surface area contributed by atoms with Gasteiger partial charge in [0.1, 0.15) is 5.15 Å². The molecule has 0 radical (unpaired) electrons. The van der Waals surface area contributed by atoms with Crippen molar-refractivity contribution in [3.05, 3.63) is 58.4 Å². The molecule has 2 aromatic rings. The first kappa shape index (κ1) is 12.1. The van der Waals surface area contributed by atoms with Gasteiger partial charge in [0.05, 0.1) is 0 Å². The minimum atomic E-state index is 0.571. The maximum absolute atomic E-state index is 5.88. The molecule has 1 aliphatic carbocycles. The highest BCUT2D eigenvalue weighted by Crippen LogP contribution is 2.29. The fourth-order valence-corrected chi connectivity index (χ4v) is 3.44. The molecular weight excluding hydrogens is 262 g/mol. The molecule has 0 N–H and O–H groups in total. The predicted octanol–water partition coefficient (Wildman–Crippen LogP) is 4.52. The quantitative estimate of drug-likeness (QED) is 0.604. The number of aromatic nitrogens is 1. The lowest BCUT2D eigenvalue weighted by Gasteiger charge is -2.05. The molecule has 0 spiro atoms. The van der Waals surface area contributed by atoms with E-state index >= 15 is 0 Å². The van der Waals surface area contributed by atoms with Gasteiger partial charge in [0, 0.05) is 16.8 Å². The van der Waals surface area contributed by atoms with Gasteiger partial charge in [-0.1, -0.05) is 17.7 Å². The SMILES string of the molecule is Clc1cc(CSc2ccc3c(c2)CCC3)ccn1. The number of halogens is 1. The van der Waals surface area contributed by atoms with Crippen LogP contribution in [0.4, 0.5) is 0 Å². The molecule has 1 aromatic carbocycles. The topological polar surface area (TPSA) is 12.9 Å². The lowest BCUT2D eigenvalue weighted by atomic mass is 10.1. The second-order valence-corrected chi connectivity index (χ2v) is 6.00. The summed E-state index contributed by atoms with van der Waals surface area (Å²) in [6.07, 6.45) is 5.56. The molecule has 0 fully saturated rings. The standard InChI is InChI=1S/C15H14ClNS/c16-15-8-11(6-7-17-15)10-18-14-5-4-12-2-1-3-13(12)9-14/h4-9H,1-3,10H2. The summed E-state index contributed by atoms with van der Waals surface area (Å²) in [5.41, 5.74) is 4.29. The third kappa shape index (κ3) is 2.70. The van der Waals surface area contributed by atoms with E-state index in [4.69, 9.17) is 11.6 Å². The van der Waals surface area contributed by atoms with E-state index in [2.05, 4.69) is 23.2 Å². The first-order chi connectivity index (χ1) is 8.81. The van der Waals surface area contributed by atoms with Crippen LogP contribution < -0.4 is 0 Å². The third-order valence-electron chi connectivity index (χ3n) is 3.27. The molecule has 0 unspecified atom stereocenters. The largest absolute Gasteiger partial charge is 0.245 e. The molecule has 0 saturated heterocycles. The molecule has 0 amide bonds. The van der Waals surface area contributed by atoms with Gasteiger partial charge in [0.25, 0.3) is 0 Å². The number of benzene rings is 1. The van der Waals surface area contributed by atoms with E-state index in [1.807, 2.05) is 23.9 Å². The normalized spacial score (nSPS) is 13.6. The van der Waals surface area contributed by atoms with Crippen LogP contribution in [0.1, 0.15) is 23.1 Å². The van der Waals surface area contributed by atoms with Gasteiger partial charge in [0.2, 0.25) is 0 Å². The van der Waals surface area contributed by atoms with Crippen molar-refractivity contribution >= 4 is 23.4 Å². The third-order valence-corrected chi connectivity index (χ3v) is 4.54. The highest BCUT2D eigenvalue weighted by molar-refractivity contribution is 7.98. The molecule has 1 aromatic heterocycles. The Morgan fingerprint density at radius 2 is 2.00 bits per heavy atom. The van der Waals surface area contributed by atoms with Crippen molar-refractivity contribution in [3.63, 3.8) is 0 Å². The Kier molecular flexibility index (Phi) is 3.57. The van der Waals surface area contributed by atoms with Crippen molar-refractivity contribution in [2.24, 2.45) is 0 Å². The molecule has 1 aliphatic rings. The van der Waals surface area contributed by atoms with Gasteiger partial charge in [-0.25, -0.2) is 4.98 Å². The predicted molar refractivity (Wildman–Crippen MR) is 77.3 cm³/mol. The Morgan fingerprint density at radius 3 is 2.89 bits per heavy atom. The number of hydrogen-bond acceptors (Lipinski definition) is 2. The molecule has 1 nitrogen and oxygen atoms in total. The van der Waals surface area contributed by atoms with Crippen molar-refractivity contribution in [2.45, 2.75) is 29.9 Å². The van der Waals surface area contributed by atoms with E-state index < -0.39 is 0 Å². The number of aryl methyl sites for hydroxylation is 2. The molecule has 0 aliphatic heterocycles. The van der Waals surface area contributed by atoms with Crippen LogP contribution in [0.2, 0.25) is 5.15 Å². The summed E-state index contributed by atoms with van der Waals surface area (Å²) in [6.45, 7) is 0. The molecule has 92 valence electrons. The highest BCUT2D eigenvalue weighted by atomic mass is 35.5. The lowest BCUT2D eigenvalue weighted by Crippen LogP contribution is -1.85. The molecule has 3 rings (SSSR count). The second-order valence-electron chi connectivity index (χ2n) is 4.56. The summed E-state index contributed by atoms with van der Waals surface area (Å²) in [5.74, 6) is 0.945. The van der Waals surface area contributed by atoms with Gasteiger partial charge in [0.15, 0.2) is 0 Å². The molecule has 0 saturated carbocycles. The Labute approximate surface area is 117 Å². The van der Waals surface area contributed by atoms with Crippen LogP contribution in [0.15, 0.2) is 41.4 Å². The highest BCUT2D eigenvalue weighted by Gasteiger charge is 2.10. The molecule has 1 heterocycles. The monoisotopic (exact) mass is 275 g/mol. The first-order valence-electron chi connectivity index (χ1n) is 6.16. The summed E-state index contributed by atoms with van der Waals surface area (Å²) in [6, 6.07) is 10.8. The minimum absolute atomic E-state index is 0.571. The van der Waals surface area contributed by atoms with Crippen molar-refractivity contribution in [1.82, 2.24) is 4.98 Å². The minimum Gasteiger partial charge on any atom is -0.245 e. The Hall–Kier alpha value is -0.990. The van der Waals surface area contributed by atoms with Crippen molar-refractivity contribution in [1.29, 1.82) is 0 Å². The molecule has 18 heavy (non-hydrogen) atoms. The molecule has 0 atom stereocenters.